The van der Waals surface area contributed by atoms with E-state index in [4.69, 9.17) is 9.47 Å². The van der Waals surface area contributed by atoms with E-state index >= 15 is 0 Å². The van der Waals surface area contributed by atoms with Crippen LogP contribution in [0.4, 0.5) is 5.69 Å². The molecule has 0 atom stereocenters. The zero-order valence-corrected chi connectivity index (χ0v) is 11.3. The van der Waals surface area contributed by atoms with Crippen LogP contribution in [0.1, 0.15) is 6.42 Å². The number of carbonyl (C=O) groups excluding carboxylic acids is 1. The van der Waals surface area contributed by atoms with E-state index in [-0.39, 0.29) is 5.91 Å². The molecule has 0 aliphatic heterocycles. The second-order valence-corrected chi connectivity index (χ2v) is 4.03. The van der Waals surface area contributed by atoms with Crippen molar-refractivity contribution < 1.29 is 14.3 Å². The van der Waals surface area contributed by atoms with E-state index in [1.165, 1.54) is 0 Å². The van der Waals surface area contributed by atoms with Crippen molar-refractivity contribution in [1.82, 2.24) is 4.90 Å². The van der Waals surface area contributed by atoms with Gasteiger partial charge in [0.15, 0.2) is 0 Å². The average molecular weight is 252 g/mol. The van der Waals surface area contributed by atoms with Gasteiger partial charge in [-0.05, 0) is 12.1 Å². The zero-order valence-electron chi connectivity index (χ0n) is 11.3. The van der Waals surface area contributed by atoms with Crippen LogP contribution < -0.4 is 14.8 Å². The van der Waals surface area contributed by atoms with Crippen LogP contribution in [0.5, 0.6) is 11.5 Å². The van der Waals surface area contributed by atoms with Crippen molar-refractivity contribution in [1.29, 1.82) is 0 Å². The monoisotopic (exact) mass is 252 g/mol. The van der Waals surface area contributed by atoms with Crippen LogP contribution in [0, 0.1) is 0 Å². The maximum absolute atomic E-state index is 11.4. The highest BCUT2D eigenvalue weighted by atomic mass is 16.5. The maximum atomic E-state index is 11.4. The van der Waals surface area contributed by atoms with Crippen LogP contribution in [0.25, 0.3) is 0 Å². The summed E-state index contributed by atoms with van der Waals surface area (Å²) in [5.74, 6) is 1.56. The van der Waals surface area contributed by atoms with E-state index < -0.39 is 0 Å². The van der Waals surface area contributed by atoms with Gasteiger partial charge in [0.25, 0.3) is 0 Å². The number of nitrogens with zero attached hydrogens (tertiary/aromatic N) is 1. The van der Waals surface area contributed by atoms with E-state index in [1.807, 2.05) is 18.2 Å². The lowest BCUT2D eigenvalue weighted by Gasteiger charge is -2.14. The Hall–Kier alpha value is -1.91. The summed E-state index contributed by atoms with van der Waals surface area (Å²) in [6, 6.07) is 5.50. The molecule has 0 aromatic heterocycles. The highest BCUT2D eigenvalue weighted by Crippen LogP contribution is 2.28. The third-order valence-corrected chi connectivity index (χ3v) is 2.56. The van der Waals surface area contributed by atoms with Crippen LogP contribution >= 0.6 is 0 Å². The summed E-state index contributed by atoms with van der Waals surface area (Å²) >= 11 is 0. The highest BCUT2D eigenvalue weighted by molar-refractivity contribution is 5.76. The molecule has 1 aromatic rings. The number of nitrogens with one attached hydrogen (secondary N) is 1. The molecule has 0 aliphatic rings. The van der Waals surface area contributed by atoms with Crippen molar-refractivity contribution in [2.45, 2.75) is 6.42 Å². The lowest BCUT2D eigenvalue weighted by Crippen LogP contribution is -2.23. The molecule has 5 heteroatoms. The van der Waals surface area contributed by atoms with Crippen molar-refractivity contribution in [3.63, 3.8) is 0 Å². The molecule has 0 spiro atoms. The molecule has 0 unspecified atom stereocenters. The minimum Gasteiger partial charge on any atom is -0.497 e. The van der Waals surface area contributed by atoms with Crippen LogP contribution in [-0.4, -0.2) is 45.7 Å². The highest BCUT2D eigenvalue weighted by Gasteiger charge is 2.07. The van der Waals surface area contributed by atoms with Gasteiger partial charge in [-0.3, -0.25) is 4.79 Å². The van der Waals surface area contributed by atoms with E-state index in [0.29, 0.717) is 13.0 Å². The largest absolute Gasteiger partial charge is 0.497 e. The summed E-state index contributed by atoms with van der Waals surface area (Å²) in [6.07, 6.45) is 0.438. The Bertz CT molecular complexity index is 405. The average Bonchev–Trinajstić information content (AvgIpc) is 2.38. The van der Waals surface area contributed by atoms with Gasteiger partial charge in [0, 0.05) is 33.1 Å². The van der Waals surface area contributed by atoms with Crippen LogP contribution in [0.2, 0.25) is 0 Å². The summed E-state index contributed by atoms with van der Waals surface area (Å²) in [6.45, 7) is 0.556. The molecule has 1 rings (SSSR count). The van der Waals surface area contributed by atoms with Gasteiger partial charge in [0.2, 0.25) is 5.91 Å². The number of rotatable bonds is 6. The van der Waals surface area contributed by atoms with Gasteiger partial charge in [-0.2, -0.15) is 0 Å². The summed E-state index contributed by atoms with van der Waals surface area (Å²) in [7, 11) is 6.71. The Kier molecular flexibility index (Phi) is 5.30. The molecule has 100 valence electrons. The number of hydrogen-bond donors (Lipinski definition) is 1. The van der Waals surface area contributed by atoms with Crippen LogP contribution in [-0.2, 0) is 4.79 Å². The number of amides is 1. The van der Waals surface area contributed by atoms with Gasteiger partial charge in [-0.25, -0.2) is 0 Å². The molecular weight excluding hydrogens is 232 g/mol. The van der Waals surface area contributed by atoms with Crippen molar-refractivity contribution >= 4 is 11.6 Å². The van der Waals surface area contributed by atoms with Gasteiger partial charge < -0.3 is 19.7 Å². The topological polar surface area (TPSA) is 50.8 Å². The third-order valence-electron chi connectivity index (χ3n) is 2.56. The fourth-order valence-corrected chi connectivity index (χ4v) is 1.48. The van der Waals surface area contributed by atoms with E-state index in [0.717, 1.165) is 17.2 Å². The first-order valence-corrected chi connectivity index (χ1v) is 5.74. The lowest BCUT2D eigenvalue weighted by atomic mass is 10.2. The minimum absolute atomic E-state index is 0.0874. The number of ether oxygens (including phenoxy) is 2. The standard InChI is InChI=1S/C13H20N2O3/c1-15(2)13(16)7-8-14-11-9-10(17-3)5-6-12(11)18-4/h5-6,9,14H,7-8H2,1-4H3. The predicted octanol–water partition coefficient (Wildman–Crippen LogP) is 1.59. The molecule has 0 fully saturated rings. The Morgan fingerprint density at radius 3 is 2.56 bits per heavy atom. The first kappa shape index (κ1) is 14.2. The van der Waals surface area contributed by atoms with Gasteiger partial charge in [0.1, 0.15) is 11.5 Å². The minimum atomic E-state index is 0.0874. The van der Waals surface area contributed by atoms with Gasteiger partial charge in [-0.1, -0.05) is 0 Å². The Balaban J connectivity index is 2.62. The Morgan fingerprint density at radius 1 is 1.28 bits per heavy atom. The molecule has 0 saturated carbocycles. The normalized spacial score (nSPS) is 9.78. The van der Waals surface area contributed by atoms with Crippen LogP contribution in [0.15, 0.2) is 18.2 Å². The quantitative estimate of drug-likeness (QED) is 0.835. The number of methoxy groups -OCH3 is 2. The van der Waals surface area contributed by atoms with Gasteiger partial charge >= 0.3 is 0 Å². The number of anilines is 1. The first-order valence-electron chi connectivity index (χ1n) is 5.74. The van der Waals surface area contributed by atoms with E-state index in [1.54, 1.807) is 33.2 Å². The molecule has 0 heterocycles. The van der Waals surface area contributed by atoms with Crippen LogP contribution in [0.3, 0.4) is 0 Å². The van der Waals surface area contributed by atoms with Gasteiger partial charge in [-0.15, -0.1) is 0 Å². The third kappa shape index (κ3) is 3.84. The number of carbonyl (C=O) groups is 1. The molecular formula is C13H20N2O3. The lowest BCUT2D eigenvalue weighted by molar-refractivity contribution is -0.128. The first-order chi connectivity index (χ1) is 8.58. The number of hydrogen-bond acceptors (Lipinski definition) is 4. The molecule has 1 aromatic carbocycles. The van der Waals surface area contributed by atoms with Crippen molar-refractivity contribution in [3.05, 3.63) is 18.2 Å². The second kappa shape index (κ2) is 6.74. The number of benzene rings is 1. The van der Waals surface area contributed by atoms with Gasteiger partial charge in [0.05, 0.1) is 19.9 Å². The Labute approximate surface area is 108 Å². The fraction of sp³-hybridized carbons (Fsp3) is 0.462. The van der Waals surface area contributed by atoms with E-state index in [2.05, 4.69) is 5.32 Å². The summed E-state index contributed by atoms with van der Waals surface area (Å²) in [5.41, 5.74) is 0.823. The summed E-state index contributed by atoms with van der Waals surface area (Å²) in [4.78, 5) is 13.0. The molecule has 18 heavy (non-hydrogen) atoms. The van der Waals surface area contributed by atoms with Crippen molar-refractivity contribution in [2.24, 2.45) is 0 Å². The zero-order chi connectivity index (χ0) is 13.5. The molecule has 0 radical (unpaired) electrons. The smallest absolute Gasteiger partial charge is 0.223 e. The van der Waals surface area contributed by atoms with Crippen molar-refractivity contribution in [3.8, 4) is 11.5 Å². The predicted molar refractivity (Wildman–Crippen MR) is 71.3 cm³/mol. The fourth-order valence-electron chi connectivity index (χ4n) is 1.48. The van der Waals surface area contributed by atoms with E-state index in [9.17, 15) is 4.79 Å². The van der Waals surface area contributed by atoms with Crippen molar-refractivity contribution in [2.75, 3.05) is 40.2 Å². The maximum Gasteiger partial charge on any atom is 0.223 e. The molecule has 1 N–H and O–H groups in total. The molecule has 0 aliphatic carbocycles. The molecule has 5 nitrogen and oxygen atoms in total. The Morgan fingerprint density at radius 2 is 2.00 bits per heavy atom. The summed E-state index contributed by atoms with van der Waals surface area (Å²) < 4.78 is 10.4. The molecule has 1 amide bonds. The summed E-state index contributed by atoms with van der Waals surface area (Å²) in [5, 5.41) is 3.17. The SMILES string of the molecule is COc1ccc(OC)c(NCCC(=O)N(C)C)c1. The second-order valence-electron chi connectivity index (χ2n) is 4.03. The molecule has 0 saturated heterocycles. The molecule has 0 bridgehead atoms.